The molecule has 0 aliphatic carbocycles. The average Bonchev–Trinajstić information content (AvgIpc) is 1.87. The first-order chi connectivity index (χ1) is 4.77. The molecule has 0 aromatic rings. The number of rotatable bonds is 4. The van der Waals surface area contributed by atoms with Crippen LogP contribution >= 0.6 is 0 Å². The first-order valence-electron chi connectivity index (χ1n) is 3.90. The summed E-state index contributed by atoms with van der Waals surface area (Å²) in [5.41, 5.74) is 0. The van der Waals surface area contributed by atoms with E-state index in [1.165, 1.54) is 6.42 Å². The van der Waals surface area contributed by atoms with Crippen LogP contribution in [0.1, 0.15) is 33.6 Å². The van der Waals surface area contributed by atoms with Crippen LogP contribution in [0.4, 0.5) is 0 Å². The molecule has 0 amide bonds. The highest BCUT2D eigenvalue weighted by molar-refractivity contribution is 5.57. The van der Waals surface area contributed by atoms with E-state index < -0.39 is 0 Å². The standard InChI is InChI=1S/C9H17N/c1-4-7-10-8-5-6-9(2)3/h4,7-9H,5-6H2,1-3H3/b7-4-,10-8?. The quantitative estimate of drug-likeness (QED) is 0.531. The van der Waals surface area contributed by atoms with Crippen LogP contribution in [0.3, 0.4) is 0 Å². The molecule has 0 aromatic carbocycles. The van der Waals surface area contributed by atoms with Crippen LogP contribution in [0.25, 0.3) is 0 Å². The topological polar surface area (TPSA) is 12.4 Å². The van der Waals surface area contributed by atoms with Gasteiger partial charge in [0.05, 0.1) is 0 Å². The molecule has 0 aliphatic heterocycles. The highest BCUT2D eigenvalue weighted by atomic mass is 14.7. The molecular weight excluding hydrogens is 122 g/mol. The van der Waals surface area contributed by atoms with Crippen molar-refractivity contribution in [2.24, 2.45) is 10.9 Å². The van der Waals surface area contributed by atoms with Gasteiger partial charge in [-0.05, 0) is 25.7 Å². The molecule has 0 N–H and O–H groups in total. The van der Waals surface area contributed by atoms with E-state index in [2.05, 4.69) is 18.8 Å². The van der Waals surface area contributed by atoms with Gasteiger partial charge in [0.25, 0.3) is 0 Å². The fourth-order valence-corrected chi connectivity index (χ4v) is 0.629. The molecule has 0 saturated carbocycles. The molecule has 0 unspecified atom stereocenters. The van der Waals surface area contributed by atoms with Gasteiger partial charge in [0, 0.05) is 12.4 Å². The molecular formula is C9H17N. The van der Waals surface area contributed by atoms with Crippen molar-refractivity contribution in [2.75, 3.05) is 0 Å². The Hall–Kier alpha value is -0.590. The first kappa shape index (κ1) is 9.41. The van der Waals surface area contributed by atoms with Gasteiger partial charge in [-0.2, -0.15) is 0 Å². The molecule has 0 rings (SSSR count). The third-order valence-corrected chi connectivity index (χ3v) is 1.21. The van der Waals surface area contributed by atoms with Crippen LogP contribution in [0.15, 0.2) is 17.3 Å². The number of nitrogens with zero attached hydrogens (tertiary/aromatic N) is 1. The van der Waals surface area contributed by atoms with E-state index >= 15 is 0 Å². The fourth-order valence-electron chi connectivity index (χ4n) is 0.629. The van der Waals surface area contributed by atoms with E-state index in [-0.39, 0.29) is 0 Å². The summed E-state index contributed by atoms with van der Waals surface area (Å²) in [6, 6.07) is 0. The first-order valence-corrected chi connectivity index (χ1v) is 3.90. The monoisotopic (exact) mass is 139 g/mol. The Labute approximate surface area is 63.9 Å². The van der Waals surface area contributed by atoms with Gasteiger partial charge in [-0.3, -0.25) is 4.99 Å². The second-order valence-corrected chi connectivity index (χ2v) is 2.79. The Morgan fingerprint density at radius 2 is 2.10 bits per heavy atom. The minimum absolute atomic E-state index is 0.789. The Balaban J connectivity index is 3.18. The van der Waals surface area contributed by atoms with Crippen molar-refractivity contribution in [2.45, 2.75) is 33.6 Å². The maximum Gasteiger partial charge on any atom is 0.0221 e. The minimum Gasteiger partial charge on any atom is -0.269 e. The lowest BCUT2D eigenvalue weighted by Gasteiger charge is -1.97. The highest BCUT2D eigenvalue weighted by Gasteiger charge is 1.88. The van der Waals surface area contributed by atoms with E-state index in [0.29, 0.717) is 0 Å². The second-order valence-electron chi connectivity index (χ2n) is 2.79. The highest BCUT2D eigenvalue weighted by Crippen LogP contribution is 2.00. The lowest BCUT2D eigenvalue weighted by Crippen LogP contribution is -1.86. The summed E-state index contributed by atoms with van der Waals surface area (Å²) in [4.78, 5) is 4.06. The van der Waals surface area contributed by atoms with Gasteiger partial charge >= 0.3 is 0 Å². The van der Waals surface area contributed by atoms with E-state index in [1.807, 2.05) is 25.4 Å². The Morgan fingerprint density at radius 1 is 1.40 bits per heavy atom. The van der Waals surface area contributed by atoms with Gasteiger partial charge in [0.15, 0.2) is 0 Å². The zero-order chi connectivity index (χ0) is 7.82. The van der Waals surface area contributed by atoms with Crippen molar-refractivity contribution >= 4 is 6.21 Å². The van der Waals surface area contributed by atoms with Crippen LogP contribution in [-0.2, 0) is 0 Å². The summed E-state index contributed by atoms with van der Waals surface area (Å²) in [6.07, 6.45) is 8.06. The molecule has 0 saturated heterocycles. The predicted octanol–water partition coefficient (Wildman–Crippen LogP) is 3.03. The summed E-state index contributed by atoms with van der Waals surface area (Å²) in [7, 11) is 0. The predicted molar refractivity (Wildman–Crippen MR) is 47.4 cm³/mol. The van der Waals surface area contributed by atoms with Gasteiger partial charge in [0.1, 0.15) is 0 Å². The van der Waals surface area contributed by atoms with Crippen molar-refractivity contribution in [3.63, 3.8) is 0 Å². The van der Waals surface area contributed by atoms with Gasteiger partial charge < -0.3 is 0 Å². The number of hydrogen-bond acceptors (Lipinski definition) is 1. The Kier molecular flexibility index (Phi) is 6.14. The number of aliphatic imine (C=N–C) groups is 1. The van der Waals surface area contributed by atoms with Crippen LogP contribution in [-0.4, -0.2) is 6.21 Å². The molecule has 0 heterocycles. The summed E-state index contributed by atoms with van der Waals surface area (Å²) in [5, 5.41) is 0. The maximum atomic E-state index is 4.06. The van der Waals surface area contributed by atoms with Crippen molar-refractivity contribution in [1.82, 2.24) is 0 Å². The molecule has 0 aliphatic rings. The molecule has 10 heavy (non-hydrogen) atoms. The third-order valence-electron chi connectivity index (χ3n) is 1.21. The van der Waals surface area contributed by atoms with Crippen molar-refractivity contribution < 1.29 is 0 Å². The van der Waals surface area contributed by atoms with Crippen LogP contribution in [0.5, 0.6) is 0 Å². The number of hydrogen-bond donors (Lipinski definition) is 0. The summed E-state index contributed by atoms with van der Waals surface area (Å²) < 4.78 is 0. The molecule has 58 valence electrons. The molecule has 1 nitrogen and oxygen atoms in total. The van der Waals surface area contributed by atoms with Gasteiger partial charge in [-0.15, -0.1) is 0 Å². The summed E-state index contributed by atoms with van der Waals surface area (Å²) >= 11 is 0. The molecule has 0 fully saturated rings. The minimum atomic E-state index is 0.789. The largest absolute Gasteiger partial charge is 0.269 e. The zero-order valence-corrected chi connectivity index (χ0v) is 7.17. The van der Waals surface area contributed by atoms with E-state index in [1.54, 1.807) is 0 Å². The van der Waals surface area contributed by atoms with E-state index in [4.69, 9.17) is 0 Å². The summed E-state index contributed by atoms with van der Waals surface area (Å²) in [5.74, 6) is 0.789. The van der Waals surface area contributed by atoms with Crippen LogP contribution < -0.4 is 0 Å². The van der Waals surface area contributed by atoms with Crippen molar-refractivity contribution in [3.8, 4) is 0 Å². The smallest absolute Gasteiger partial charge is 0.0221 e. The van der Waals surface area contributed by atoms with Crippen LogP contribution in [0.2, 0.25) is 0 Å². The maximum absolute atomic E-state index is 4.06. The van der Waals surface area contributed by atoms with Gasteiger partial charge in [0.2, 0.25) is 0 Å². The normalized spacial score (nSPS) is 12.4. The average molecular weight is 139 g/mol. The van der Waals surface area contributed by atoms with E-state index in [0.717, 1.165) is 12.3 Å². The zero-order valence-electron chi connectivity index (χ0n) is 7.17. The van der Waals surface area contributed by atoms with Crippen molar-refractivity contribution in [3.05, 3.63) is 12.3 Å². The second kappa shape index (κ2) is 6.53. The van der Waals surface area contributed by atoms with Gasteiger partial charge in [-0.25, -0.2) is 0 Å². The molecule has 0 atom stereocenters. The lowest BCUT2D eigenvalue weighted by atomic mass is 10.1. The number of allylic oxidation sites excluding steroid dienone is 1. The Bertz CT molecular complexity index is 112. The van der Waals surface area contributed by atoms with E-state index in [9.17, 15) is 0 Å². The van der Waals surface area contributed by atoms with Crippen molar-refractivity contribution in [1.29, 1.82) is 0 Å². The molecule has 0 spiro atoms. The Morgan fingerprint density at radius 3 is 2.60 bits per heavy atom. The lowest BCUT2D eigenvalue weighted by molar-refractivity contribution is 0.606. The molecule has 0 radical (unpaired) electrons. The molecule has 0 bridgehead atoms. The molecule has 0 aromatic heterocycles. The SMILES string of the molecule is C/C=C\N=CCCC(C)C. The fraction of sp³-hybridized carbons (Fsp3) is 0.667. The third kappa shape index (κ3) is 7.41. The van der Waals surface area contributed by atoms with Crippen LogP contribution in [0, 0.1) is 5.92 Å². The molecule has 1 heteroatoms. The van der Waals surface area contributed by atoms with Gasteiger partial charge in [-0.1, -0.05) is 19.9 Å². The summed E-state index contributed by atoms with van der Waals surface area (Å²) in [6.45, 7) is 6.42.